The minimum Gasteiger partial charge on any atom is -0.469 e. The van der Waals surface area contributed by atoms with E-state index in [1.165, 1.54) is 7.11 Å². The Balaban J connectivity index is 1.71. The second kappa shape index (κ2) is 8.62. The van der Waals surface area contributed by atoms with Crippen LogP contribution < -0.4 is 10.6 Å². The fourth-order valence-electron chi connectivity index (χ4n) is 2.91. The van der Waals surface area contributed by atoms with Crippen molar-refractivity contribution in [2.24, 2.45) is 5.92 Å². The van der Waals surface area contributed by atoms with E-state index in [1.54, 1.807) is 30.3 Å². The third-order valence-corrected chi connectivity index (χ3v) is 4.51. The zero-order chi connectivity index (χ0) is 18.3. The van der Waals surface area contributed by atoms with Crippen LogP contribution in [-0.2, 0) is 14.3 Å². The molecule has 1 aliphatic rings. The number of esters is 1. The van der Waals surface area contributed by atoms with Gasteiger partial charge in [-0.1, -0.05) is 18.2 Å². The van der Waals surface area contributed by atoms with Gasteiger partial charge in [0.15, 0.2) is 0 Å². The van der Waals surface area contributed by atoms with Crippen molar-refractivity contribution in [1.29, 1.82) is 0 Å². The Morgan fingerprint density at radius 1 is 1.16 bits per heavy atom. The molecule has 0 spiro atoms. The Hall–Kier alpha value is -2.41. The number of rotatable bonds is 6. The fraction of sp³-hybridized carbons (Fsp3) is 0.500. The van der Waals surface area contributed by atoms with Crippen molar-refractivity contribution in [3.05, 3.63) is 35.9 Å². The maximum absolute atomic E-state index is 11.9. The van der Waals surface area contributed by atoms with Crippen molar-refractivity contribution >= 4 is 17.8 Å². The van der Waals surface area contributed by atoms with Crippen LogP contribution in [0.5, 0.6) is 0 Å². The highest BCUT2D eigenvalue weighted by Crippen LogP contribution is 2.32. The molecule has 0 atom stereocenters. The molecule has 0 bridgehead atoms. The third kappa shape index (κ3) is 5.56. The predicted octanol–water partition coefficient (Wildman–Crippen LogP) is 0.627. The van der Waals surface area contributed by atoms with Crippen molar-refractivity contribution in [2.45, 2.75) is 31.3 Å². The molecule has 0 saturated heterocycles. The van der Waals surface area contributed by atoms with Crippen LogP contribution in [-0.4, -0.2) is 48.7 Å². The maximum atomic E-state index is 11.9. The number of methoxy groups -OCH3 is 1. The average molecular weight is 348 g/mol. The highest BCUT2D eigenvalue weighted by Gasteiger charge is 2.36. The summed E-state index contributed by atoms with van der Waals surface area (Å²) in [6.45, 7) is -0.0600. The van der Waals surface area contributed by atoms with Crippen molar-refractivity contribution < 1.29 is 24.2 Å². The Kier molecular flexibility index (Phi) is 6.52. The van der Waals surface area contributed by atoms with Gasteiger partial charge in [-0.15, -0.1) is 0 Å². The van der Waals surface area contributed by atoms with Crippen molar-refractivity contribution in [3.8, 4) is 0 Å². The topological polar surface area (TPSA) is 105 Å². The van der Waals surface area contributed by atoms with Gasteiger partial charge < -0.3 is 20.5 Å². The van der Waals surface area contributed by atoms with Gasteiger partial charge in [-0.3, -0.25) is 14.4 Å². The van der Waals surface area contributed by atoms with Crippen molar-refractivity contribution in [1.82, 2.24) is 10.6 Å². The molecule has 3 N–H and O–H groups in total. The number of carbonyl (C=O) groups excluding carboxylic acids is 3. The van der Waals surface area contributed by atoms with Crippen LogP contribution in [0, 0.1) is 5.92 Å². The monoisotopic (exact) mass is 348 g/mol. The summed E-state index contributed by atoms with van der Waals surface area (Å²) in [4.78, 5) is 35.2. The van der Waals surface area contributed by atoms with Crippen LogP contribution >= 0.6 is 0 Å². The van der Waals surface area contributed by atoms with Crippen LogP contribution in [0.3, 0.4) is 0 Å². The van der Waals surface area contributed by atoms with Gasteiger partial charge in [-0.05, 0) is 37.8 Å². The number of benzene rings is 1. The van der Waals surface area contributed by atoms with E-state index < -0.39 is 5.60 Å². The summed E-state index contributed by atoms with van der Waals surface area (Å²) < 4.78 is 4.72. The number of ether oxygens (including phenoxy) is 1. The molecule has 25 heavy (non-hydrogen) atoms. The number of aliphatic hydroxyl groups is 1. The van der Waals surface area contributed by atoms with Crippen LogP contribution in [0.2, 0.25) is 0 Å². The molecule has 2 amide bonds. The van der Waals surface area contributed by atoms with Crippen LogP contribution in [0.25, 0.3) is 0 Å². The van der Waals surface area contributed by atoms with Gasteiger partial charge in [-0.25, -0.2) is 0 Å². The number of hydrogen-bond donors (Lipinski definition) is 3. The molecule has 1 fully saturated rings. The van der Waals surface area contributed by atoms with Gasteiger partial charge in [-0.2, -0.15) is 0 Å². The molecular weight excluding hydrogens is 324 g/mol. The molecule has 0 aromatic heterocycles. The number of carbonyl (C=O) groups is 3. The lowest BCUT2D eigenvalue weighted by molar-refractivity contribution is -0.148. The lowest BCUT2D eigenvalue weighted by atomic mass is 9.79. The first-order valence-corrected chi connectivity index (χ1v) is 8.34. The number of nitrogens with one attached hydrogen (secondary N) is 2. The maximum Gasteiger partial charge on any atom is 0.308 e. The number of hydrogen-bond acceptors (Lipinski definition) is 5. The summed E-state index contributed by atoms with van der Waals surface area (Å²) in [5, 5.41) is 15.7. The summed E-state index contributed by atoms with van der Waals surface area (Å²) >= 11 is 0. The van der Waals surface area contributed by atoms with E-state index >= 15 is 0 Å². The normalized spacial score (nSPS) is 22.7. The van der Waals surface area contributed by atoms with E-state index in [0.717, 1.165) is 0 Å². The van der Waals surface area contributed by atoms with E-state index in [9.17, 15) is 19.5 Å². The smallest absolute Gasteiger partial charge is 0.308 e. The van der Waals surface area contributed by atoms with Gasteiger partial charge >= 0.3 is 5.97 Å². The summed E-state index contributed by atoms with van der Waals surface area (Å²) in [5.41, 5.74) is -0.543. The zero-order valence-electron chi connectivity index (χ0n) is 14.3. The quantitative estimate of drug-likeness (QED) is 0.654. The van der Waals surface area contributed by atoms with Crippen molar-refractivity contribution in [3.63, 3.8) is 0 Å². The largest absolute Gasteiger partial charge is 0.469 e. The first-order valence-electron chi connectivity index (χ1n) is 8.34. The molecule has 0 radical (unpaired) electrons. The summed E-state index contributed by atoms with van der Waals surface area (Å²) in [6, 6.07) is 8.62. The molecule has 1 aromatic carbocycles. The van der Waals surface area contributed by atoms with Gasteiger partial charge in [0, 0.05) is 12.1 Å². The van der Waals surface area contributed by atoms with Gasteiger partial charge in [0.1, 0.15) is 0 Å². The molecule has 1 saturated carbocycles. The SMILES string of the molecule is COC(=O)C1CCC(O)(CNC(=O)CNC(=O)c2ccccc2)CC1. The van der Waals surface area contributed by atoms with E-state index in [-0.39, 0.29) is 36.8 Å². The van der Waals surface area contributed by atoms with Gasteiger partial charge in [0.05, 0.1) is 25.2 Å². The van der Waals surface area contributed by atoms with Crippen LogP contribution in [0.4, 0.5) is 0 Å². The molecule has 0 unspecified atom stereocenters. The van der Waals surface area contributed by atoms with Crippen LogP contribution in [0.15, 0.2) is 30.3 Å². The second-order valence-electron chi connectivity index (χ2n) is 6.35. The van der Waals surface area contributed by atoms with Gasteiger partial charge in [0.2, 0.25) is 5.91 Å². The molecule has 0 heterocycles. The Labute approximate surface area is 146 Å². The first kappa shape index (κ1) is 18.9. The fourth-order valence-corrected chi connectivity index (χ4v) is 2.91. The van der Waals surface area contributed by atoms with E-state index in [4.69, 9.17) is 4.74 Å². The summed E-state index contributed by atoms with van der Waals surface area (Å²) in [6.07, 6.45) is 1.90. The summed E-state index contributed by atoms with van der Waals surface area (Å²) in [7, 11) is 1.35. The molecular formula is C18H24N2O5. The minimum atomic E-state index is -1.02. The number of amides is 2. The highest BCUT2D eigenvalue weighted by molar-refractivity contribution is 5.96. The predicted molar refractivity (Wildman–Crippen MR) is 90.7 cm³/mol. The van der Waals surface area contributed by atoms with E-state index in [1.807, 2.05) is 0 Å². The lowest BCUT2D eigenvalue weighted by Crippen LogP contribution is -2.48. The average Bonchev–Trinajstić information content (AvgIpc) is 2.65. The molecule has 7 heteroatoms. The van der Waals surface area contributed by atoms with E-state index in [2.05, 4.69) is 10.6 Å². The Bertz CT molecular complexity index is 609. The molecule has 136 valence electrons. The summed E-state index contributed by atoms with van der Waals surface area (Å²) in [5.74, 6) is -1.14. The molecule has 7 nitrogen and oxygen atoms in total. The highest BCUT2D eigenvalue weighted by atomic mass is 16.5. The molecule has 1 aliphatic carbocycles. The molecule has 1 aromatic rings. The molecule has 0 aliphatic heterocycles. The molecule has 2 rings (SSSR count). The zero-order valence-corrected chi connectivity index (χ0v) is 14.3. The van der Waals surface area contributed by atoms with Crippen LogP contribution in [0.1, 0.15) is 36.0 Å². The third-order valence-electron chi connectivity index (χ3n) is 4.51. The van der Waals surface area contributed by atoms with E-state index in [0.29, 0.717) is 31.2 Å². The second-order valence-corrected chi connectivity index (χ2v) is 6.35. The standard InChI is InChI=1S/C18H24N2O5/c1-25-17(23)14-7-9-18(24,10-8-14)12-20-15(21)11-19-16(22)13-5-3-2-4-6-13/h2-6,14,24H,7-12H2,1H3,(H,19,22)(H,20,21). The first-order chi connectivity index (χ1) is 11.9. The van der Waals surface area contributed by atoms with Gasteiger partial charge in [0.25, 0.3) is 5.91 Å². The van der Waals surface area contributed by atoms with Crippen molar-refractivity contribution in [2.75, 3.05) is 20.2 Å². The Morgan fingerprint density at radius 2 is 1.80 bits per heavy atom. The minimum absolute atomic E-state index is 0.0981. The Morgan fingerprint density at radius 3 is 2.40 bits per heavy atom. The lowest BCUT2D eigenvalue weighted by Gasteiger charge is -2.35.